The molecule has 1 aromatic carbocycles. The topological polar surface area (TPSA) is 98.3 Å². The minimum absolute atomic E-state index is 0.160. The molecule has 0 bridgehead atoms. The SMILES string of the molecule is CC[C@H]1CCc2sc(C(=O)OCc3nc4cc(C(=O)OC)ccc4c(=O)[nH]3)cc2C1. The standard InChI is InChI=1S/C22H22N2O5S/c1-3-12-4-7-17-14(8-12)10-18(30-17)22(27)29-11-19-23-16-9-13(21(26)28-2)5-6-15(16)20(25)24-19/h5-6,9-10,12H,3-4,7-8,11H2,1-2H3,(H,23,24,25)/t12-/m0/s1. The predicted molar refractivity (Wildman–Crippen MR) is 113 cm³/mol. The molecule has 0 spiro atoms. The van der Waals surface area contributed by atoms with Gasteiger partial charge in [-0.3, -0.25) is 4.79 Å². The number of nitrogens with one attached hydrogen (secondary N) is 1. The number of carbonyl (C=O) groups excluding carboxylic acids is 2. The van der Waals surface area contributed by atoms with Crippen molar-refractivity contribution in [2.75, 3.05) is 7.11 Å². The highest BCUT2D eigenvalue weighted by atomic mass is 32.1. The van der Waals surface area contributed by atoms with Crippen molar-refractivity contribution in [1.82, 2.24) is 9.97 Å². The first kappa shape index (κ1) is 20.3. The quantitative estimate of drug-likeness (QED) is 0.626. The summed E-state index contributed by atoms with van der Waals surface area (Å²) in [4.78, 5) is 45.3. The lowest BCUT2D eigenvalue weighted by molar-refractivity contribution is 0.0467. The normalized spacial score (nSPS) is 15.6. The molecule has 3 aromatic rings. The van der Waals surface area contributed by atoms with Crippen molar-refractivity contribution in [2.24, 2.45) is 5.92 Å². The van der Waals surface area contributed by atoms with Gasteiger partial charge in [0.1, 0.15) is 17.3 Å². The van der Waals surface area contributed by atoms with Crippen molar-refractivity contribution in [3.8, 4) is 0 Å². The predicted octanol–water partition coefficient (Wildman–Crippen LogP) is 3.64. The number of thiophene rings is 1. The van der Waals surface area contributed by atoms with Crippen LogP contribution in [0, 0.1) is 5.92 Å². The van der Waals surface area contributed by atoms with E-state index in [2.05, 4.69) is 16.9 Å². The van der Waals surface area contributed by atoms with Gasteiger partial charge in [-0.1, -0.05) is 13.3 Å². The molecule has 156 valence electrons. The molecule has 0 unspecified atom stereocenters. The Balaban J connectivity index is 1.50. The molecule has 1 atom stereocenters. The lowest BCUT2D eigenvalue weighted by Crippen LogP contribution is -2.15. The zero-order chi connectivity index (χ0) is 21.3. The Morgan fingerprint density at radius 2 is 2.10 bits per heavy atom. The fourth-order valence-electron chi connectivity index (χ4n) is 3.75. The first-order valence-electron chi connectivity index (χ1n) is 9.88. The molecule has 0 saturated carbocycles. The Morgan fingerprint density at radius 3 is 2.87 bits per heavy atom. The Kier molecular flexibility index (Phi) is 5.67. The molecule has 2 aromatic heterocycles. The van der Waals surface area contributed by atoms with E-state index in [-0.39, 0.29) is 18.0 Å². The van der Waals surface area contributed by atoms with Crippen molar-refractivity contribution in [2.45, 2.75) is 39.2 Å². The van der Waals surface area contributed by atoms with Crippen LogP contribution in [0.4, 0.5) is 0 Å². The number of aromatic amines is 1. The van der Waals surface area contributed by atoms with Crippen molar-refractivity contribution >= 4 is 34.2 Å². The molecule has 1 aliphatic carbocycles. The van der Waals surface area contributed by atoms with E-state index in [1.54, 1.807) is 0 Å². The van der Waals surface area contributed by atoms with Gasteiger partial charge in [-0.2, -0.15) is 0 Å². The highest BCUT2D eigenvalue weighted by Gasteiger charge is 2.23. The molecular formula is C22H22N2O5S. The number of carbonyl (C=O) groups is 2. The molecule has 0 radical (unpaired) electrons. The number of rotatable bonds is 5. The molecule has 4 rings (SSSR count). The number of esters is 2. The number of fused-ring (bicyclic) bond motifs is 2. The summed E-state index contributed by atoms with van der Waals surface area (Å²) in [5.74, 6) is -0.0413. The first-order valence-corrected chi connectivity index (χ1v) is 10.7. The van der Waals surface area contributed by atoms with Gasteiger partial charge < -0.3 is 14.5 Å². The highest BCUT2D eigenvalue weighted by molar-refractivity contribution is 7.14. The van der Waals surface area contributed by atoms with Gasteiger partial charge in [0.2, 0.25) is 0 Å². The second kappa shape index (κ2) is 8.39. The lowest BCUT2D eigenvalue weighted by atomic mass is 9.87. The van der Waals surface area contributed by atoms with Crippen LogP contribution in [-0.2, 0) is 28.9 Å². The fourth-order valence-corrected chi connectivity index (χ4v) is 4.86. The molecule has 0 amide bonds. The third-order valence-electron chi connectivity index (χ3n) is 5.48. The summed E-state index contributed by atoms with van der Waals surface area (Å²) in [5.41, 5.74) is 1.52. The van der Waals surface area contributed by atoms with Crippen molar-refractivity contribution in [3.63, 3.8) is 0 Å². The smallest absolute Gasteiger partial charge is 0.348 e. The van der Waals surface area contributed by atoms with Gasteiger partial charge in [0, 0.05) is 4.88 Å². The van der Waals surface area contributed by atoms with E-state index in [9.17, 15) is 14.4 Å². The molecule has 1 aliphatic rings. The molecule has 1 N–H and O–H groups in total. The number of ether oxygens (including phenoxy) is 2. The minimum Gasteiger partial charge on any atom is -0.465 e. The van der Waals surface area contributed by atoms with Gasteiger partial charge in [-0.05, 0) is 55.0 Å². The minimum atomic E-state index is -0.515. The summed E-state index contributed by atoms with van der Waals surface area (Å²) < 4.78 is 10.1. The van der Waals surface area contributed by atoms with Crippen LogP contribution < -0.4 is 5.56 Å². The number of nitrogens with zero attached hydrogens (tertiary/aromatic N) is 1. The lowest BCUT2D eigenvalue weighted by Gasteiger charge is -2.19. The second-order valence-corrected chi connectivity index (χ2v) is 8.53. The van der Waals surface area contributed by atoms with E-state index in [0.29, 0.717) is 27.3 Å². The second-order valence-electron chi connectivity index (χ2n) is 7.39. The number of aromatic nitrogens is 2. The summed E-state index contributed by atoms with van der Waals surface area (Å²) in [6, 6.07) is 6.44. The van der Waals surface area contributed by atoms with Crippen LogP contribution in [0.5, 0.6) is 0 Å². The van der Waals surface area contributed by atoms with Gasteiger partial charge >= 0.3 is 11.9 Å². The van der Waals surface area contributed by atoms with Crippen LogP contribution in [0.2, 0.25) is 0 Å². The maximum absolute atomic E-state index is 12.5. The van der Waals surface area contributed by atoms with Crippen LogP contribution in [0.3, 0.4) is 0 Å². The monoisotopic (exact) mass is 426 g/mol. The number of methoxy groups -OCH3 is 1. The van der Waals surface area contributed by atoms with Gasteiger partial charge in [0.25, 0.3) is 5.56 Å². The Bertz CT molecular complexity index is 1180. The van der Waals surface area contributed by atoms with Crippen LogP contribution in [-0.4, -0.2) is 29.0 Å². The molecule has 0 aliphatic heterocycles. The van der Waals surface area contributed by atoms with E-state index in [4.69, 9.17) is 9.47 Å². The highest BCUT2D eigenvalue weighted by Crippen LogP contribution is 2.33. The number of benzene rings is 1. The van der Waals surface area contributed by atoms with E-state index in [0.717, 1.165) is 25.7 Å². The van der Waals surface area contributed by atoms with Crippen LogP contribution in [0.25, 0.3) is 10.9 Å². The number of H-pyrrole nitrogens is 1. The summed E-state index contributed by atoms with van der Waals surface area (Å²) in [6.07, 6.45) is 4.33. The summed E-state index contributed by atoms with van der Waals surface area (Å²) in [7, 11) is 1.29. The number of aryl methyl sites for hydroxylation is 1. The number of hydrogen-bond donors (Lipinski definition) is 1. The first-order chi connectivity index (χ1) is 14.5. The third kappa shape index (κ3) is 4.00. The maximum atomic E-state index is 12.5. The van der Waals surface area contributed by atoms with E-state index in [1.807, 2.05) is 6.07 Å². The largest absolute Gasteiger partial charge is 0.465 e. The maximum Gasteiger partial charge on any atom is 0.348 e. The molecule has 2 heterocycles. The van der Waals surface area contributed by atoms with Crippen molar-refractivity contribution in [1.29, 1.82) is 0 Å². The zero-order valence-corrected chi connectivity index (χ0v) is 17.6. The third-order valence-corrected chi connectivity index (χ3v) is 6.70. The molecule has 8 heteroatoms. The Labute approximate surface area is 177 Å². The van der Waals surface area contributed by atoms with E-state index >= 15 is 0 Å². The summed E-state index contributed by atoms with van der Waals surface area (Å²) in [6.45, 7) is 2.04. The molecular weight excluding hydrogens is 404 g/mol. The van der Waals surface area contributed by atoms with Gasteiger partial charge in [0.15, 0.2) is 0 Å². The van der Waals surface area contributed by atoms with Crippen molar-refractivity contribution in [3.05, 3.63) is 61.3 Å². The Hall–Kier alpha value is -3.00. The molecule has 30 heavy (non-hydrogen) atoms. The zero-order valence-electron chi connectivity index (χ0n) is 16.8. The van der Waals surface area contributed by atoms with Crippen LogP contribution >= 0.6 is 11.3 Å². The average molecular weight is 426 g/mol. The molecule has 0 fully saturated rings. The molecule has 0 saturated heterocycles. The van der Waals surface area contributed by atoms with Crippen LogP contribution in [0.1, 0.15) is 56.1 Å². The van der Waals surface area contributed by atoms with Gasteiger partial charge in [-0.15, -0.1) is 11.3 Å². The average Bonchev–Trinajstić information content (AvgIpc) is 3.19. The van der Waals surface area contributed by atoms with Crippen LogP contribution in [0.15, 0.2) is 29.1 Å². The molecule has 7 nitrogen and oxygen atoms in total. The van der Waals surface area contributed by atoms with Gasteiger partial charge in [0.05, 0.1) is 23.6 Å². The van der Waals surface area contributed by atoms with Crippen molar-refractivity contribution < 1.29 is 19.1 Å². The Morgan fingerprint density at radius 1 is 1.27 bits per heavy atom. The summed E-state index contributed by atoms with van der Waals surface area (Å²) >= 11 is 1.49. The summed E-state index contributed by atoms with van der Waals surface area (Å²) in [5, 5.41) is 0.342. The van der Waals surface area contributed by atoms with E-state index in [1.165, 1.54) is 47.1 Å². The fraction of sp³-hybridized carbons (Fsp3) is 0.364. The van der Waals surface area contributed by atoms with E-state index < -0.39 is 11.9 Å². The van der Waals surface area contributed by atoms with Gasteiger partial charge in [-0.25, -0.2) is 14.6 Å². The number of hydrogen-bond acceptors (Lipinski definition) is 7.